The normalized spacial score (nSPS) is 9.56. The van der Waals surface area contributed by atoms with Gasteiger partial charge in [-0.1, -0.05) is 24.3 Å². The van der Waals surface area contributed by atoms with Gasteiger partial charge >= 0.3 is 5.97 Å². The Morgan fingerprint density at radius 1 is 1.28 bits per heavy atom. The monoisotopic (exact) mass is 265 g/mol. The molecule has 18 heavy (non-hydrogen) atoms. The van der Waals surface area contributed by atoms with Gasteiger partial charge in [0.15, 0.2) is 5.96 Å². The van der Waals surface area contributed by atoms with E-state index >= 15 is 0 Å². The maximum Gasteiger partial charge on any atom is 0.336 e. The Bertz CT molecular complexity index is 613. The van der Waals surface area contributed by atoms with Crippen molar-refractivity contribution in [3.05, 3.63) is 42.0 Å². The Morgan fingerprint density at radius 2 is 1.94 bits per heavy atom. The van der Waals surface area contributed by atoms with Crippen molar-refractivity contribution >= 4 is 40.8 Å². The van der Waals surface area contributed by atoms with Gasteiger partial charge in [-0.25, -0.2) is 4.79 Å². The van der Waals surface area contributed by atoms with Crippen LogP contribution in [0.2, 0.25) is 0 Å². The van der Waals surface area contributed by atoms with Crippen LogP contribution in [-0.2, 0) is 0 Å². The molecule has 0 bridgehead atoms. The molecular formula is C12H12ClN3O2. The lowest BCUT2D eigenvalue weighted by atomic mass is 10.0. The largest absolute Gasteiger partial charge is 0.478 e. The van der Waals surface area contributed by atoms with Crippen LogP contribution in [0.4, 0.5) is 5.69 Å². The van der Waals surface area contributed by atoms with Crippen LogP contribution in [0.3, 0.4) is 0 Å². The maximum absolute atomic E-state index is 11.1. The first-order valence-corrected chi connectivity index (χ1v) is 4.95. The molecule has 0 saturated carbocycles. The Hall–Kier alpha value is -2.27. The minimum atomic E-state index is -1.01. The van der Waals surface area contributed by atoms with E-state index in [0.29, 0.717) is 11.1 Å². The predicted octanol–water partition coefficient (Wildman–Crippen LogP) is 2.27. The lowest BCUT2D eigenvalue weighted by Crippen LogP contribution is -2.20. The molecule has 94 valence electrons. The minimum Gasteiger partial charge on any atom is -0.478 e. The topological polar surface area (TPSA) is 99.2 Å². The van der Waals surface area contributed by atoms with E-state index < -0.39 is 5.97 Å². The number of rotatable bonds is 2. The van der Waals surface area contributed by atoms with Crippen LogP contribution in [0, 0.1) is 5.41 Å². The van der Waals surface area contributed by atoms with Gasteiger partial charge in [0.25, 0.3) is 0 Å². The number of hydrogen-bond donors (Lipinski definition) is 4. The molecule has 0 aliphatic rings. The quantitative estimate of drug-likeness (QED) is 0.494. The molecule has 0 heterocycles. The van der Waals surface area contributed by atoms with Gasteiger partial charge in [0.05, 0.1) is 5.56 Å². The maximum atomic E-state index is 11.1. The van der Waals surface area contributed by atoms with E-state index in [0.717, 1.165) is 5.39 Å². The second-order valence-corrected chi connectivity index (χ2v) is 3.59. The number of anilines is 1. The summed E-state index contributed by atoms with van der Waals surface area (Å²) in [7, 11) is 0. The molecule has 2 aromatic carbocycles. The Morgan fingerprint density at radius 3 is 2.56 bits per heavy atom. The number of halogens is 1. The van der Waals surface area contributed by atoms with E-state index in [9.17, 15) is 4.79 Å². The second kappa shape index (κ2) is 5.37. The highest BCUT2D eigenvalue weighted by Gasteiger charge is 2.10. The van der Waals surface area contributed by atoms with Crippen LogP contribution in [-0.4, -0.2) is 17.0 Å². The number of hydrogen-bond acceptors (Lipinski definition) is 2. The van der Waals surface area contributed by atoms with E-state index in [1.54, 1.807) is 18.2 Å². The van der Waals surface area contributed by atoms with Gasteiger partial charge < -0.3 is 16.2 Å². The number of fused-ring (bicyclic) bond motifs is 1. The first-order chi connectivity index (χ1) is 8.08. The van der Waals surface area contributed by atoms with E-state index in [-0.39, 0.29) is 23.9 Å². The molecule has 2 rings (SSSR count). The van der Waals surface area contributed by atoms with Gasteiger partial charge in [0.2, 0.25) is 0 Å². The summed E-state index contributed by atoms with van der Waals surface area (Å²) in [6, 6.07) is 10.4. The summed E-state index contributed by atoms with van der Waals surface area (Å²) in [6.07, 6.45) is 0. The molecule has 0 aromatic heterocycles. The number of nitrogens with two attached hydrogens (primary N) is 1. The molecule has 0 spiro atoms. The average molecular weight is 266 g/mol. The highest BCUT2D eigenvalue weighted by Crippen LogP contribution is 2.23. The average Bonchev–Trinajstić information content (AvgIpc) is 2.27. The molecule has 0 radical (unpaired) electrons. The van der Waals surface area contributed by atoms with Crippen LogP contribution in [0.1, 0.15) is 10.4 Å². The first-order valence-electron chi connectivity index (χ1n) is 4.95. The van der Waals surface area contributed by atoms with Crippen molar-refractivity contribution < 1.29 is 9.90 Å². The molecule has 5 N–H and O–H groups in total. The second-order valence-electron chi connectivity index (χ2n) is 3.59. The first kappa shape index (κ1) is 13.8. The summed E-state index contributed by atoms with van der Waals surface area (Å²) in [5.74, 6) is -1.23. The molecule has 2 aromatic rings. The summed E-state index contributed by atoms with van der Waals surface area (Å²) in [6.45, 7) is 0. The fourth-order valence-corrected chi connectivity index (χ4v) is 1.72. The zero-order valence-electron chi connectivity index (χ0n) is 9.31. The number of carboxylic acids is 1. The number of aromatic carboxylic acids is 1. The van der Waals surface area contributed by atoms with Gasteiger partial charge in [-0.3, -0.25) is 5.41 Å². The third-order valence-electron chi connectivity index (χ3n) is 2.37. The van der Waals surface area contributed by atoms with Crippen LogP contribution >= 0.6 is 12.4 Å². The van der Waals surface area contributed by atoms with Crippen LogP contribution < -0.4 is 11.1 Å². The molecule has 0 atom stereocenters. The number of carboxylic acid groups (broad SMARTS) is 1. The van der Waals surface area contributed by atoms with Crippen molar-refractivity contribution in [1.29, 1.82) is 5.41 Å². The smallest absolute Gasteiger partial charge is 0.336 e. The molecule has 5 nitrogen and oxygen atoms in total. The predicted molar refractivity (Wildman–Crippen MR) is 73.7 cm³/mol. The molecule has 6 heteroatoms. The molecule has 0 aliphatic heterocycles. The van der Waals surface area contributed by atoms with Crippen molar-refractivity contribution in [3.63, 3.8) is 0 Å². The summed E-state index contributed by atoms with van der Waals surface area (Å²) >= 11 is 0. The summed E-state index contributed by atoms with van der Waals surface area (Å²) in [5.41, 5.74) is 5.90. The van der Waals surface area contributed by atoms with Gasteiger partial charge in [-0.15, -0.1) is 12.4 Å². The molecule has 0 aliphatic carbocycles. The number of guanidine groups is 1. The number of benzene rings is 2. The molecule has 0 unspecified atom stereocenters. The summed E-state index contributed by atoms with van der Waals surface area (Å²) in [5, 5.41) is 20.3. The lowest BCUT2D eigenvalue weighted by molar-refractivity contribution is 0.0699. The van der Waals surface area contributed by atoms with Crippen molar-refractivity contribution in [2.45, 2.75) is 0 Å². The number of carbonyl (C=O) groups is 1. The standard InChI is InChI=1S/C12H11N3O2.ClH/c13-12(14)15-8-5-7-3-1-2-4-9(7)10(6-8)11(16)17;/h1-6H,(H,16,17)(H4,13,14,15);1H. The Kier molecular flexibility index (Phi) is 4.12. The Labute approximate surface area is 110 Å². The Balaban J connectivity index is 0.00000162. The third kappa shape index (κ3) is 2.70. The third-order valence-corrected chi connectivity index (χ3v) is 2.37. The van der Waals surface area contributed by atoms with Crippen molar-refractivity contribution in [1.82, 2.24) is 0 Å². The van der Waals surface area contributed by atoms with Gasteiger partial charge in [0.1, 0.15) is 0 Å². The van der Waals surface area contributed by atoms with E-state index in [2.05, 4.69) is 5.32 Å². The summed E-state index contributed by atoms with van der Waals surface area (Å²) in [4.78, 5) is 11.1. The van der Waals surface area contributed by atoms with E-state index in [1.165, 1.54) is 6.07 Å². The fraction of sp³-hybridized carbons (Fsp3) is 0. The highest BCUT2D eigenvalue weighted by atomic mass is 35.5. The minimum absolute atomic E-state index is 0. The molecule has 0 fully saturated rings. The van der Waals surface area contributed by atoms with E-state index in [4.69, 9.17) is 16.2 Å². The zero-order chi connectivity index (χ0) is 12.4. The molecule has 0 saturated heterocycles. The van der Waals surface area contributed by atoms with E-state index in [1.807, 2.05) is 12.1 Å². The van der Waals surface area contributed by atoms with Crippen molar-refractivity contribution in [2.75, 3.05) is 5.32 Å². The highest BCUT2D eigenvalue weighted by molar-refractivity contribution is 6.06. The van der Waals surface area contributed by atoms with Crippen molar-refractivity contribution in [2.24, 2.45) is 5.73 Å². The van der Waals surface area contributed by atoms with Crippen LogP contribution in [0.15, 0.2) is 36.4 Å². The molecular weight excluding hydrogens is 254 g/mol. The van der Waals surface area contributed by atoms with Gasteiger partial charge in [-0.2, -0.15) is 0 Å². The number of nitrogens with one attached hydrogen (secondary N) is 2. The van der Waals surface area contributed by atoms with Crippen LogP contribution in [0.25, 0.3) is 10.8 Å². The zero-order valence-corrected chi connectivity index (χ0v) is 10.1. The fourth-order valence-electron chi connectivity index (χ4n) is 1.72. The van der Waals surface area contributed by atoms with Crippen molar-refractivity contribution in [3.8, 4) is 0 Å². The van der Waals surface area contributed by atoms with Gasteiger partial charge in [-0.05, 0) is 22.9 Å². The molecule has 0 amide bonds. The van der Waals surface area contributed by atoms with Gasteiger partial charge in [0, 0.05) is 5.69 Å². The lowest BCUT2D eigenvalue weighted by Gasteiger charge is -2.08. The SMILES string of the molecule is Cl.N=C(N)Nc1cc(C(=O)O)c2ccccc2c1. The van der Waals surface area contributed by atoms with Crippen LogP contribution in [0.5, 0.6) is 0 Å². The summed E-state index contributed by atoms with van der Waals surface area (Å²) < 4.78 is 0.